The van der Waals surface area contributed by atoms with Gasteiger partial charge in [0.25, 0.3) is 11.7 Å². The number of anilines is 1. The minimum absolute atomic E-state index is 0.145. The van der Waals surface area contributed by atoms with Crippen molar-refractivity contribution in [1.82, 2.24) is 0 Å². The molecule has 202 valence electrons. The summed E-state index contributed by atoms with van der Waals surface area (Å²) >= 11 is 0. The van der Waals surface area contributed by atoms with Crippen LogP contribution in [0.4, 0.5) is 5.69 Å². The summed E-state index contributed by atoms with van der Waals surface area (Å²) in [5.74, 6) is -1.12. The molecule has 1 fully saturated rings. The maximum absolute atomic E-state index is 13.6. The van der Waals surface area contributed by atoms with E-state index in [9.17, 15) is 19.5 Å². The smallest absolute Gasteiger partial charge is 0.308 e. The van der Waals surface area contributed by atoms with E-state index in [0.717, 1.165) is 0 Å². The molecule has 1 atom stereocenters. The van der Waals surface area contributed by atoms with Crippen molar-refractivity contribution in [2.45, 2.75) is 26.8 Å². The first-order chi connectivity index (χ1) is 18.8. The first-order valence-corrected chi connectivity index (χ1v) is 12.4. The third-order valence-corrected chi connectivity index (χ3v) is 6.03. The molecule has 0 radical (unpaired) electrons. The molecule has 1 N–H and O–H groups in total. The van der Waals surface area contributed by atoms with Crippen LogP contribution in [0.2, 0.25) is 0 Å². The summed E-state index contributed by atoms with van der Waals surface area (Å²) in [6, 6.07) is 17.0. The molecule has 0 bridgehead atoms. The number of rotatable bonds is 9. The molecule has 1 aliphatic rings. The van der Waals surface area contributed by atoms with Gasteiger partial charge in [-0.3, -0.25) is 19.3 Å². The van der Waals surface area contributed by atoms with Gasteiger partial charge in [-0.05, 0) is 55.8 Å². The summed E-state index contributed by atoms with van der Waals surface area (Å²) in [5, 5.41) is 11.6. The SMILES string of the molecule is CCOc1ccc(/C(O)=C2\C(=O)C(=O)N(c3cccc(OC)c3)C2c2cccc(OC(C)=O)c2)c(OCC)c1. The molecule has 1 amide bonds. The van der Waals surface area contributed by atoms with Gasteiger partial charge in [-0.2, -0.15) is 0 Å². The Morgan fingerprint density at radius 3 is 2.31 bits per heavy atom. The number of esters is 1. The molecule has 39 heavy (non-hydrogen) atoms. The second-order valence-corrected chi connectivity index (χ2v) is 8.56. The van der Waals surface area contributed by atoms with E-state index < -0.39 is 29.5 Å². The number of methoxy groups -OCH3 is 1. The van der Waals surface area contributed by atoms with Crippen LogP contribution in [0.5, 0.6) is 23.0 Å². The summed E-state index contributed by atoms with van der Waals surface area (Å²) in [6.07, 6.45) is 0. The van der Waals surface area contributed by atoms with Crippen molar-refractivity contribution in [1.29, 1.82) is 0 Å². The zero-order valence-corrected chi connectivity index (χ0v) is 22.1. The Labute approximate surface area is 226 Å². The number of carbonyl (C=O) groups excluding carboxylic acids is 3. The Morgan fingerprint density at radius 2 is 1.62 bits per heavy atom. The lowest BCUT2D eigenvalue weighted by atomic mass is 9.94. The molecular formula is C30H29NO8. The third kappa shape index (κ3) is 5.57. The zero-order chi connectivity index (χ0) is 28.1. The van der Waals surface area contributed by atoms with Crippen molar-refractivity contribution < 1.29 is 38.4 Å². The summed E-state index contributed by atoms with van der Waals surface area (Å²) in [6.45, 7) is 5.64. The molecule has 0 spiro atoms. The maximum Gasteiger partial charge on any atom is 0.308 e. The quantitative estimate of drug-likeness (QED) is 0.134. The molecule has 0 saturated carbocycles. The highest BCUT2D eigenvalue weighted by Gasteiger charge is 2.47. The van der Waals surface area contributed by atoms with Crippen molar-refractivity contribution in [3.05, 3.63) is 83.4 Å². The number of carbonyl (C=O) groups is 3. The van der Waals surface area contributed by atoms with E-state index in [1.54, 1.807) is 73.7 Å². The Kier molecular flexibility index (Phi) is 8.19. The van der Waals surface area contributed by atoms with Gasteiger partial charge in [0.15, 0.2) is 0 Å². The van der Waals surface area contributed by atoms with Gasteiger partial charge in [-0.1, -0.05) is 18.2 Å². The number of aliphatic hydroxyl groups is 1. The average molecular weight is 532 g/mol. The standard InChI is InChI=1S/C30H29NO8/c1-5-37-22-13-14-24(25(17-22)38-6-2)28(33)26-27(19-9-7-12-23(15-19)39-18(3)32)31(30(35)29(26)34)20-10-8-11-21(16-20)36-4/h7-17,27,33H,5-6H2,1-4H3/b28-26+. The molecule has 3 aromatic rings. The molecule has 0 aliphatic carbocycles. The maximum atomic E-state index is 13.6. The molecule has 9 heteroatoms. The van der Waals surface area contributed by atoms with Crippen LogP contribution in [0.25, 0.3) is 5.76 Å². The molecule has 3 aromatic carbocycles. The highest BCUT2D eigenvalue weighted by atomic mass is 16.5. The van der Waals surface area contributed by atoms with E-state index in [1.165, 1.54) is 18.9 Å². The lowest BCUT2D eigenvalue weighted by molar-refractivity contribution is -0.132. The molecule has 4 rings (SSSR count). The number of aliphatic hydroxyl groups excluding tert-OH is 1. The molecule has 1 heterocycles. The number of ether oxygens (including phenoxy) is 4. The number of amides is 1. The van der Waals surface area contributed by atoms with Crippen molar-refractivity contribution in [2.75, 3.05) is 25.2 Å². The minimum atomic E-state index is -1.05. The van der Waals surface area contributed by atoms with Crippen LogP contribution in [0.15, 0.2) is 72.3 Å². The predicted octanol–water partition coefficient (Wildman–Crippen LogP) is 5.04. The topological polar surface area (TPSA) is 112 Å². The predicted molar refractivity (Wildman–Crippen MR) is 144 cm³/mol. The van der Waals surface area contributed by atoms with E-state index in [1.807, 2.05) is 6.92 Å². The lowest BCUT2D eigenvalue weighted by Gasteiger charge is -2.26. The van der Waals surface area contributed by atoms with Gasteiger partial charge in [0.1, 0.15) is 28.8 Å². The van der Waals surface area contributed by atoms with Gasteiger partial charge in [-0.25, -0.2) is 0 Å². The van der Waals surface area contributed by atoms with Gasteiger partial charge in [0.2, 0.25) is 0 Å². The average Bonchev–Trinajstić information content (AvgIpc) is 3.19. The molecular weight excluding hydrogens is 502 g/mol. The normalized spacial score (nSPS) is 16.2. The lowest BCUT2D eigenvalue weighted by Crippen LogP contribution is -2.29. The highest BCUT2D eigenvalue weighted by Crippen LogP contribution is 2.44. The van der Waals surface area contributed by atoms with E-state index >= 15 is 0 Å². The monoisotopic (exact) mass is 531 g/mol. The Balaban J connectivity index is 1.96. The number of nitrogens with zero attached hydrogens (tertiary/aromatic N) is 1. The van der Waals surface area contributed by atoms with Gasteiger partial charge < -0.3 is 24.1 Å². The van der Waals surface area contributed by atoms with Crippen LogP contribution in [-0.4, -0.2) is 43.1 Å². The van der Waals surface area contributed by atoms with E-state index in [-0.39, 0.29) is 16.9 Å². The number of Topliss-reactive ketones (excluding diaryl/α,β-unsaturated/α-hetero) is 1. The first-order valence-electron chi connectivity index (χ1n) is 12.4. The van der Waals surface area contributed by atoms with Crippen LogP contribution in [-0.2, 0) is 14.4 Å². The molecule has 0 aromatic heterocycles. The fourth-order valence-corrected chi connectivity index (χ4v) is 4.46. The fourth-order valence-electron chi connectivity index (χ4n) is 4.46. The molecule has 1 aliphatic heterocycles. The molecule has 1 saturated heterocycles. The van der Waals surface area contributed by atoms with Crippen molar-refractivity contribution in [3.8, 4) is 23.0 Å². The van der Waals surface area contributed by atoms with Crippen molar-refractivity contribution in [2.24, 2.45) is 0 Å². The van der Waals surface area contributed by atoms with Crippen LogP contribution in [0.3, 0.4) is 0 Å². The summed E-state index contributed by atoms with van der Waals surface area (Å²) < 4.78 is 21.9. The van der Waals surface area contributed by atoms with Gasteiger partial charge in [0, 0.05) is 24.7 Å². The number of benzene rings is 3. The second-order valence-electron chi connectivity index (χ2n) is 8.56. The fraction of sp³-hybridized carbons (Fsp3) is 0.233. The third-order valence-electron chi connectivity index (χ3n) is 6.03. The molecule has 1 unspecified atom stereocenters. The Hall–Kier alpha value is -4.79. The number of ketones is 1. The second kappa shape index (κ2) is 11.7. The van der Waals surface area contributed by atoms with Crippen molar-refractivity contribution >= 4 is 29.1 Å². The molecule has 9 nitrogen and oxygen atoms in total. The summed E-state index contributed by atoms with van der Waals surface area (Å²) in [7, 11) is 1.49. The van der Waals surface area contributed by atoms with E-state index in [0.29, 0.717) is 41.7 Å². The Bertz CT molecular complexity index is 1440. The Morgan fingerprint density at radius 1 is 0.897 bits per heavy atom. The number of hydrogen-bond acceptors (Lipinski definition) is 8. The summed E-state index contributed by atoms with van der Waals surface area (Å²) in [4.78, 5) is 40.0. The van der Waals surface area contributed by atoms with Crippen molar-refractivity contribution in [3.63, 3.8) is 0 Å². The minimum Gasteiger partial charge on any atom is -0.507 e. The highest BCUT2D eigenvalue weighted by molar-refractivity contribution is 6.51. The van der Waals surface area contributed by atoms with Crippen LogP contribution < -0.4 is 23.8 Å². The van der Waals surface area contributed by atoms with Gasteiger partial charge in [-0.15, -0.1) is 0 Å². The summed E-state index contributed by atoms with van der Waals surface area (Å²) in [5.41, 5.74) is 0.911. The van der Waals surface area contributed by atoms with Gasteiger partial charge >= 0.3 is 5.97 Å². The largest absolute Gasteiger partial charge is 0.507 e. The van der Waals surface area contributed by atoms with E-state index in [2.05, 4.69) is 0 Å². The number of hydrogen-bond donors (Lipinski definition) is 1. The zero-order valence-electron chi connectivity index (χ0n) is 22.1. The van der Waals surface area contributed by atoms with Crippen LogP contribution in [0, 0.1) is 0 Å². The van der Waals surface area contributed by atoms with Gasteiger partial charge in [0.05, 0.1) is 37.5 Å². The van der Waals surface area contributed by atoms with Crippen LogP contribution >= 0.6 is 0 Å². The van der Waals surface area contributed by atoms with E-state index in [4.69, 9.17) is 18.9 Å². The van der Waals surface area contributed by atoms with Crippen LogP contribution in [0.1, 0.15) is 37.9 Å². The first kappa shape index (κ1) is 27.3.